The Morgan fingerprint density at radius 1 is 0.966 bits per heavy atom. The second-order valence-corrected chi connectivity index (χ2v) is 6.56. The maximum atomic E-state index is 12.9. The number of nitrogens with one attached hydrogen (secondary N) is 1. The average Bonchev–Trinajstić information content (AvgIpc) is 2.74. The highest BCUT2D eigenvalue weighted by Gasteiger charge is 2.13. The van der Waals surface area contributed by atoms with Crippen molar-refractivity contribution in [2.75, 3.05) is 7.11 Å². The number of ether oxygens (including phenoxy) is 1. The molecule has 0 aliphatic rings. The molecule has 3 rings (SSSR count). The van der Waals surface area contributed by atoms with Crippen LogP contribution in [0.2, 0.25) is 0 Å². The summed E-state index contributed by atoms with van der Waals surface area (Å²) in [5.74, 6) is 0.696. The highest BCUT2D eigenvalue weighted by Crippen LogP contribution is 2.19. The highest BCUT2D eigenvalue weighted by molar-refractivity contribution is 7.80. The van der Waals surface area contributed by atoms with Gasteiger partial charge in [0.15, 0.2) is 10.9 Å². The van der Waals surface area contributed by atoms with Crippen LogP contribution in [0.25, 0.3) is 0 Å². The van der Waals surface area contributed by atoms with Gasteiger partial charge >= 0.3 is 0 Å². The summed E-state index contributed by atoms with van der Waals surface area (Å²) in [5, 5.41) is 13.9. The molecule has 7 heteroatoms. The molecule has 0 amide bonds. The second-order valence-electron chi connectivity index (χ2n) is 6.12. The average molecular weight is 405 g/mol. The Labute approximate surface area is 173 Å². The lowest BCUT2D eigenvalue weighted by Gasteiger charge is -2.10. The number of carbonyl (C=O) groups excluding carboxylic acids is 1. The van der Waals surface area contributed by atoms with Gasteiger partial charge in [0.25, 0.3) is 0 Å². The number of ketones is 1. The fourth-order valence-electron chi connectivity index (χ4n) is 2.74. The zero-order valence-electron chi connectivity index (χ0n) is 15.6. The van der Waals surface area contributed by atoms with Crippen molar-refractivity contribution in [3.63, 3.8) is 0 Å². The van der Waals surface area contributed by atoms with E-state index < -0.39 is 0 Å². The molecule has 0 atom stereocenters. The van der Waals surface area contributed by atoms with Crippen molar-refractivity contribution in [1.82, 2.24) is 5.43 Å². The summed E-state index contributed by atoms with van der Waals surface area (Å²) in [4.78, 5) is 12.9. The molecule has 0 saturated carbocycles. The van der Waals surface area contributed by atoms with E-state index in [1.165, 1.54) is 0 Å². The van der Waals surface area contributed by atoms with E-state index in [0.29, 0.717) is 28.2 Å². The minimum Gasteiger partial charge on any atom is -0.508 e. The van der Waals surface area contributed by atoms with Crippen LogP contribution >= 0.6 is 12.2 Å². The van der Waals surface area contributed by atoms with Crippen LogP contribution in [-0.4, -0.2) is 28.8 Å². The van der Waals surface area contributed by atoms with Gasteiger partial charge in [-0.15, -0.1) is 0 Å². The van der Waals surface area contributed by atoms with Crippen molar-refractivity contribution in [3.8, 4) is 11.5 Å². The van der Waals surface area contributed by atoms with Gasteiger partial charge in [0.2, 0.25) is 0 Å². The first kappa shape index (κ1) is 20.0. The van der Waals surface area contributed by atoms with Gasteiger partial charge < -0.3 is 15.6 Å². The van der Waals surface area contributed by atoms with Gasteiger partial charge in [0, 0.05) is 22.3 Å². The lowest BCUT2D eigenvalue weighted by atomic mass is 9.97. The first-order valence-corrected chi connectivity index (χ1v) is 9.10. The van der Waals surface area contributed by atoms with Crippen LogP contribution in [0.1, 0.15) is 27.0 Å². The van der Waals surface area contributed by atoms with Gasteiger partial charge in [-0.25, -0.2) is 0 Å². The summed E-state index contributed by atoms with van der Waals surface area (Å²) in [6.45, 7) is 0. The molecule has 0 bridgehead atoms. The fourth-order valence-corrected chi connectivity index (χ4v) is 2.79. The van der Waals surface area contributed by atoms with E-state index in [1.54, 1.807) is 73.8 Å². The quantitative estimate of drug-likeness (QED) is 0.252. The molecule has 3 aromatic rings. The summed E-state index contributed by atoms with van der Waals surface area (Å²) < 4.78 is 5.14. The third kappa shape index (κ3) is 4.97. The van der Waals surface area contributed by atoms with Crippen molar-refractivity contribution in [3.05, 3.63) is 95.1 Å². The van der Waals surface area contributed by atoms with Crippen LogP contribution in [-0.2, 0) is 0 Å². The van der Waals surface area contributed by atoms with Gasteiger partial charge in [-0.1, -0.05) is 18.2 Å². The summed E-state index contributed by atoms with van der Waals surface area (Å²) in [7, 11) is 1.57. The summed E-state index contributed by atoms with van der Waals surface area (Å²) in [5.41, 5.74) is 11.1. The first-order chi connectivity index (χ1) is 14.0. The smallest absolute Gasteiger partial charge is 0.193 e. The number of hydrazone groups is 1. The SMILES string of the molecule is COc1ccc(C(=O)c2cccc(/C(=N/NC(N)=S)c3ccc(O)cc3)c2)cc1. The summed E-state index contributed by atoms with van der Waals surface area (Å²) in [6, 6.07) is 20.6. The minimum absolute atomic E-state index is 0.0201. The molecule has 0 aliphatic carbocycles. The van der Waals surface area contributed by atoms with Gasteiger partial charge in [0.1, 0.15) is 11.5 Å². The number of carbonyl (C=O) groups is 1. The molecule has 0 radical (unpaired) electrons. The van der Waals surface area contributed by atoms with E-state index in [9.17, 15) is 9.90 Å². The van der Waals surface area contributed by atoms with Gasteiger partial charge in [-0.2, -0.15) is 5.10 Å². The molecule has 0 aromatic heterocycles. The predicted molar refractivity (Wildman–Crippen MR) is 117 cm³/mol. The lowest BCUT2D eigenvalue weighted by molar-refractivity contribution is 0.103. The second kappa shape index (κ2) is 8.99. The molecule has 146 valence electrons. The Morgan fingerprint density at radius 2 is 1.59 bits per heavy atom. The maximum absolute atomic E-state index is 12.9. The molecule has 0 heterocycles. The zero-order chi connectivity index (χ0) is 20.8. The number of hydrogen-bond donors (Lipinski definition) is 3. The lowest BCUT2D eigenvalue weighted by Crippen LogP contribution is -2.26. The molecule has 0 fully saturated rings. The Bertz CT molecular complexity index is 1060. The third-order valence-corrected chi connectivity index (χ3v) is 4.26. The largest absolute Gasteiger partial charge is 0.508 e. The maximum Gasteiger partial charge on any atom is 0.193 e. The Hall–Kier alpha value is -3.71. The van der Waals surface area contributed by atoms with E-state index in [0.717, 1.165) is 5.56 Å². The number of hydrogen-bond acceptors (Lipinski definition) is 5. The molecule has 6 nitrogen and oxygen atoms in total. The molecule has 4 N–H and O–H groups in total. The predicted octanol–water partition coefficient (Wildman–Crippen LogP) is 3.22. The highest BCUT2D eigenvalue weighted by atomic mass is 32.1. The van der Waals surface area contributed by atoms with Gasteiger partial charge in [0.05, 0.1) is 12.8 Å². The van der Waals surface area contributed by atoms with E-state index in [-0.39, 0.29) is 16.6 Å². The number of phenols is 1. The van der Waals surface area contributed by atoms with Gasteiger partial charge in [-0.3, -0.25) is 10.2 Å². The summed E-state index contributed by atoms with van der Waals surface area (Å²) in [6.07, 6.45) is 0. The molecular weight excluding hydrogens is 386 g/mol. The number of methoxy groups -OCH3 is 1. The number of rotatable bonds is 6. The standard InChI is InChI=1S/C22H19N3O3S/c1-28-19-11-7-15(8-12-19)21(27)17-4-2-3-16(13-17)20(24-25-22(23)29)14-5-9-18(26)10-6-14/h2-13,26H,1H3,(H3,23,25,29)/b24-20+. The minimum atomic E-state index is -0.123. The van der Waals surface area contributed by atoms with E-state index in [1.807, 2.05) is 6.07 Å². The van der Waals surface area contributed by atoms with E-state index in [2.05, 4.69) is 10.5 Å². The number of aromatic hydroxyl groups is 1. The van der Waals surface area contributed by atoms with E-state index in [4.69, 9.17) is 22.7 Å². The topological polar surface area (TPSA) is 96.9 Å². The van der Waals surface area contributed by atoms with Crippen LogP contribution in [0.4, 0.5) is 0 Å². The summed E-state index contributed by atoms with van der Waals surface area (Å²) >= 11 is 4.84. The van der Waals surface area contributed by atoms with Crippen molar-refractivity contribution in [2.45, 2.75) is 0 Å². The number of phenolic OH excluding ortho intramolecular Hbond substituents is 1. The van der Waals surface area contributed by atoms with Crippen molar-refractivity contribution >= 4 is 28.8 Å². The molecule has 0 unspecified atom stereocenters. The van der Waals surface area contributed by atoms with Crippen LogP contribution in [0.5, 0.6) is 11.5 Å². The molecule has 3 aromatic carbocycles. The number of nitrogens with two attached hydrogens (primary N) is 1. The third-order valence-electron chi connectivity index (χ3n) is 4.17. The number of thiocarbonyl (C=S) groups is 1. The monoisotopic (exact) mass is 405 g/mol. The molecule has 0 saturated heterocycles. The van der Waals surface area contributed by atoms with Crippen LogP contribution < -0.4 is 15.9 Å². The fraction of sp³-hybridized carbons (Fsp3) is 0.0455. The van der Waals surface area contributed by atoms with Crippen LogP contribution in [0.3, 0.4) is 0 Å². The van der Waals surface area contributed by atoms with Crippen molar-refractivity contribution in [1.29, 1.82) is 0 Å². The molecular formula is C22H19N3O3S. The van der Waals surface area contributed by atoms with Crippen LogP contribution in [0.15, 0.2) is 77.9 Å². The first-order valence-electron chi connectivity index (χ1n) is 8.69. The molecule has 29 heavy (non-hydrogen) atoms. The van der Waals surface area contributed by atoms with Gasteiger partial charge in [-0.05, 0) is 66.8 Å². The van der Waals surface area contributed by atoms with Crippen molar-refractivity contribution < 1.29 is 14.6 Å². The Morgan fingerprint density at radius 3 is 2.21 bits per heavy atom. The molecule has 0 aliphatic heterocycles. The van der Waals surface area contributed by atoms with Crippen LogP contribution in [0, 0.1) is 0 Å². The number of benzene rings is 3. The number of nitrogens with zero attached hydrogens (tertiary/aromatic N) is 1. The van der Waals surface area contributed by atoms with Crippen molar-refractivity contribution in [2.24, 2.45) is 10.8 Å². The van der Waals surface area contributed by atoms with E-state index >= 15 is 0 Å². The Kier molecular flexibility index (Phi) is 6.21. The normalized spacial score (nSPS) is 11.0. The zero-order valence-corrected chi connectivity index (χ0v) is 16.4. The molecule has 0 spiro atoms. The Balaban J connectivity index is 1.99.